The first kappa shape index (κ1) is 18.7. The Kier molecular flexibility index (Phi) is 5.84. The van der Waals surface area contributed by atoms with Gasteiger partial charge in [0.15, 0.2) is 5.75 Å². The van der Waals surface area contributed by atoms with Gasteiger partial charge in [-0.05, 0) is 29.8 Å². The van der Waals surface area contributed by atoms with Crippen molar-refractivity contribution in [2.24, 2.45) is 0 Å². The van der Waals surface area contributed by atoms with Crippen LogP contribution in [0.15, 0.2) is 48.7 Å². The predicted octanol–water partition coefficient (Wildman–Crippen LogP) is 3.63. The van der Waals surface area contributed by atoms with Crippen LogP contribution in [-0.2, 0) is 23.1 Å². The molecular formula is C15H14ClF3N2O2S. The number of rotatable bonds is 6. The van der Waals surface area contributed by atoms with Gasteiger partial charge in [-0.15, -0.1) is 0 Å². The molecule has 0 aliphatic rings. The van der Waals surface area contributed by atoms with E-state index in [2.05, 4.69) is 4.98 Å². The van der Waals surface area contributed by atoms with Crippen LogP contribution in [0.1, 0.15) is 11.3 Å². The predicted molar refractivity (Wildman–Crippen MR) is 84.8 cm³/mol. The van der Waals surface area contributed by atoms with Crippen LogP contribution in [0.3, 0.4) is 0 Å². The van der Waals surface area contributed by atoms with Crippen LogP contribution in [0, 0.1) is 0 Å². The summed E-state index contributed by atoms with van der Waals surface area (Å²) < 4.78 is 62.9. The fourth-order valence-corrected chi connectivity index (χ4v) is 3.41. The highest BCUT2D eigenvalue weighted by molar-refractivity contribution is 7.89. The average molecular weight is 379 g/mol. The van der Waals surface area contributed by atoms with Crippen LogP contribution in [0.5, 0.6) is 0 Å². The second-order valence-electron chi connectivity index (χ2n) is 5.09. The fraction of sp³-hybridized carbons (Fsp3) is 0.267. The lowest BCUT2D eigenvalue weighted by atomic mass is 10.2. The average Bonchev–Trinajstić information content (AvgIpc) is 2.47. The zero-order valence-corrected chi connectivity index (χ0v) is 13.9. The van der Waals surface area contributed by atoms with Gasteiger partial charge in [-0.1, -0.05) is 29.8 Å². The van der Waals surface area contributed by atoms with Crippen molar-refractivity contribution in [1.29, 1.82) is 0 Å². The number of hydrogen-bond donors (Lipinski definition) is 0. The topological polar surface area (TPSA) is 50.3 Å². The smallest absolute Gasteiger partial charge is 0.260 e. The lowest BCUT2D eigenvalue weighted by Gasteiger charge is -2.22. The molecule has 1 heterocycles. The lowest BCUT2D eigenvalue weighted by molar-refractivity contribution is -0.107. The molecule has 0 N–H and O–H groups in total. The SMILES string of the molecule is O=S(=O)(CC(F)(F)F)N(Cc1ccc(Cl)cc1)Cc1ccccn1. The standard InChI is InChI=1S/C15H14ClF3N2O2S/c16-13-6-4-12(5-7-13)9-21(10-14-3-1-2-8-20-14)24(22,23)11-15(17,18)19/h1-8H,9-11H2. The number of alkyl halides is 3. The first-order chi connectivity index (χ1) is 11.2. The number of aromatic nitrogens is 1. The minimum Gasteiger partial charge on any atom is -0.260 e. The van der Waals surface area contributed by atoms with E-state index in [9.17, 15) is 21.6 Å². The van der Waals surface area contributed by atoms with E-state index in [0.717, 1.165) is 4.31 Å². The van der Waals surface area contributed by atoms with E-state index in [1.807, 2.05) is 0 Å². The summed E-state index contributed by atoms with van der Waals surface area (Å²) in [5.74, 6) is -1.92. The first-order valence-electron chi connectivity index (χ1n) is 6.85. The van der Waals surface area contributed by atoms with E-state index in [0.29, 0.717) is 16.3 Å². The molecule has 1 aromatic heterocycles. The zero-order valence-electron chi connectivity index (χ0n) is 12.4. The highest BCUT2D eigenvalue weighted by atomic mass is 35.5. The second kappa shape index (κ2) is 7.50. The number of sulfonamides is 1. The Hall–Kier alpha value is -1.64. The Morgan fingerprint density at radius 1 is 1.04 bits per heavy atom. The minimum absolute atomic E-state index is 0.202. The maximum atomic E-state index is 12.6. The normalized spacial score (nSPS) is 12.5. The number of nitrogens with zero attached hydrogens (tertiary/aromatic N) is 2. The molecule has 0 saturated carbocycles. The van der Waals surface area contributed by atoms with Gasteiger partial charge in [0.1, 0.15) is 0 Å². The minimum atomic E-state index is -4.82. The molecule has 0 radical (unpaired) electrons. The second-order valence-corrected chi connectivity index (χ2v) is 7.49. The lowest BCUT2D eigenvalue weighted by Crippen LogP contribution is -2.37. The molecule has 9 heteroatoms. The third kappa shape index (κ3) is 5.77. The Morgan fingerprint density at radius 3 is 2.25 bits per heavy atom. The zero-order chi connectivity index (χ0) is 17.8. The number of benzene rings is 1. The molecule has 0 atom stereocenters. The third-order valence-corrected chi connectivity index (χ3v) is 5.07. The summed E-state index contributed by atoms with van der Waals surface area (Å²) in [5, 5.41) is 0.452. The number of hydrogen-bond acceptors (Lipinski definition) is 3. The van der Waals surface area contributed by atoms with Gasteiger partial charge in [-0.25, -0.2) is 8.42 Å². The molecule has 130 valence electrons. The van der Waals surface area contributed by atoms with Crippen molar-refractivity contribution < 1.29 is 21.6 Å². The van der Waals surface area contributed by atoms with Crippen LogP contribution in [0.25, 0.3) is 0 Å². The van der Waals surface area contributed by atoms with Gasteiger partial charge < -0.3 is 0 Å². The van der Waals surface area contributed by atoms with Crippen molar-refractivity contribution >= 4 is 21.6 Å². The quantitative estimate of drug-likeness (QED) is 0.771. The van der Waals surface area contributed by atoms with Gasteiger partial charge >= 0.3 is 6.18 Å². The number of halogens is 4. The number of pyridine rings is 1. The van der Waals surface area contributed by atoms with Crippen LogP contribution < -0.4 is 0 Å². The molecular weight excluding hydrogens is 365 g/mol. The monoisotopic (exact) mass is 378 g/mol. The van der Waals surface area contributed by atoms with E-state index in [1.54, 1.807) is 42.5 Å². The summed E-state index contributed by atoms with van der Waals surface area (Å²) in [6.07, 6.45) is -3.37. The maximum absolute atomic E-state index is 12.6. The molecule has 1 aromatic carbocycles. The summed E-state index contributed by atoms with van der Waals surface area (Å²) in [7, 11) is -4.55. The Morgan fingerprint density at radius 2 is 1.71 bits per heavy atom. The fourth-order valence-electron chi connectivity index (χ4n) is 2.02. The Balaban J connectivity index is 2.28. The highest BCUT2D eigenvalue weighted by Gasteiger charge is 2.38. The van der Waals surface area contributed by atoms with Crippen molar-refractivity contribution in [2.45, 2.75) is 19.3 Å². The van der Waals surface area contributed by atoms with Crippen molar-refractivity contribution in [3.05, 3.63) is 64.9 Å². The summed E-state index contributed by atoms with van der Waals surface area (Å²) in [5.41, 5.74) is 0.887. The molecule has 0 fully saturated rings. The van der Waals surface area contributed by atoms with E-state index in [-0.39, 0.29) is 13.1 Å². The van der Waals surface area contributed by atoms with Gasteiger partial charge in [0, 0.05) is 17.8 Å². The molecule has 2 rings (SSSR count). The van der Waals surface area contributed by atoms with Crippen molar-refractivity contribution in [3.63, 3.8) is 0 Å². The molecule has 0 aliphatic heterocycles. The highest BCUT2D eigenvalue weighted by Crippen LogP contribution is 2.22. The Labute approximate surface area is 142 Å². The van der Waals surface area contributed by atoms with Gasteiger partial charge in [0.2, 0.25) is 10.0 Å². The Bertz CT molecular complexity index is 766. The van der Waals surface area contributed by atoms with Crippen LogP contribution in [-0.4, -0.2) is 29.6 Å². The largest absolute Gasteiger partial charge is 0.404 e. The third-order valence-electron chi connectivity index (χ3n) is 3.08. The van der Waals surface area contributed by atoms with E-state index >= 15 is 0 Å². The summed E-state index contributed by atoms with van der Waals surface area (Å²) in [6, 6.07) is 11.1. The molecule has 0 saturated heterocycles. The summed E-state index contributed by atoms with van der Waals surface area (Å²) in [4.78, 5) is 3.98. The van der Waals surface area contributed by atoms with Crippen LogP contribution >= 0.6 is 11.6 Å². The van der Waals surface area contributed by atoms with Crippen molar-refractivity contribution in [3.8, 4) is 0 Å². The van der Waals surface area contributed by atoms with E-state index in [1.165, 1.54) is 6.20 Å². The van der Waals surface area contributed by atoms with Crippen LogP contribution in [0.2, 0.25) is 5.02 Å². The first-order valence-corrected chi connectivity index (χ1v) is 8.83. The molecule has 0 aliphatic carbocycles. The van der Waals surface area contributed by atoms with Gasteiger partial charge in [0.05, 0.1) is 12.2 Å². The van der Waals surface area contributed by atoms with Crippen molar-refractivity contribution in [1.82, 2.24) is 9.29 Å². The van der Waals surface area contributed by atoms with Gasteiger partial charge in [-0.3, -0.25) is 4.98 Å². The summed E-state index contributed by atoms with van der Waals surface area (Å²) >= 11 is 5.76. The summed E-state index contributed by atoms with van der Waals surface area (Å²) in [6.45, 7) is -0.450. The van der Waals surface area contributed by atoms with E-state index < -0.39 is 22.0 Å². The molecule has 0 bridgehead atoms. The molecule has 0 spiro atoms. The van der Waals surface area contributed by atoms with Gasteiger partial charge in [-0.2, -0.15) is 17.5 Å². The van der Waals surface area contributed by atoms with Crippen LogP contribution in [0.4, 0.5) is 13.2 Å². The molecule has 4 nitrogen and oxygen atoms in total. The molecule has 0 unspecified atom stereocenters. The molecule has 24 heavy (non-hydrogen) atoms. The van der Waals surface area contributed by atoms with Gasteiger partial charge in [0.25, 0.3) is 0 Å². The maximum Gasteiger partial charge on any atom is 0.404 e. The van der Waals surface area contributed by atoms with Crippen molar-refractivity contribution in [2.75, 3.05) is 5.75 Å². The van der Waals surface area contributed by atoms with E-state index in [4.69, 9.17) is 11.6 Å². The molecule has 0 amide bonds. The molecule has 2 aromatic rings.